The number of hydrogen-bond donors (Lipinski definition) is 3. The van der Waals surface area contributed by atoms with Crippen LogP contribution in [0.25, 0.3) is 0 Å². The van der Waals surface area contributed by atoms with Crippen LogP contribution in [0.5, 0.6) is 0 Å². The van der Waals surface area contributed by atoms with Crippen molar-refractivity contribution in [3.63, 3.8) is 0 Å². The molecule has 0 aliphatic heterocycles. The number of nitrogens with zero attached hydrogens (tertiary/aromatic N) is 1. The standard InChI is InChI=1S/C8H9N3O2/c1-2-8(9,7(12)13)5-6-10-3-4-11-6/h1,3-4H,5,9H2,(H,10,11)(H,12,13). The van der Waals surface area contributed by atoms with Crippen LogP contribution in [-0.2, 0) is 11.2 Å². The summed E-state index contributed by atoms with van der Waals surface area (Å²) in [6, 6.07) is 0. The molecular formula is C8H9N3O2. The molecule has 0 saturated carbocycles. The van der Waals surface area contributed by atoms with Crippen molar-refractivity contribution in [3.8, 4) is 12.3 Å². The fourth-order valence-electron chi connectivity index (χ4n) is 0.847. The monoisotopic (exact) mass is 179 g/mol. The second kappa shape index (κ2) is 3.29. The minimum absolute atomic E-state index is 0.00810. The van der Waals surface area contributed by atoms with E-state index in [0.717, 1.165) is 0 Å². The summed E-state index contributed by atoms with van der Waals surface area (Å²) in [4.78, 5) is 17.2. The summed E-state index contributed by atoms with van der Waals surface area (Å²) in [6.07, 6.45) is 8.10. The number of carboxylic acid groups (broad SMARTS) is 1. The third-order valence-electron chi connectivity index (χ3n) is 1.64. The quantitative estimate of drug-likeness (QED) is 0.538. The Hall–Kier alpha value is -1.80. The van der Waals surface area contributed by atoms with E-state index >= 15 is 0 Å². The number of carbonyl (C=O) groups is 1. The molecule has 1 atom stereocenters. The van der Waals surface area contributed by atoms with Crippen LogP contribution in [0.1, 0.15) is 5.82 Å². The van der Waals surface area contributed by atoms with Gasteiger partial charge in [0.1, 0.15) is 5.82 Å². The lowest BCUT2D eigenvalue weighted by atomic mass is 9.98. The number of hydrogen-bond acceptors (Lipinski definition) is 3. The number of carboxylic acids is 1. The van der Waals surface area contributed by atoms with Gasteiger partial charge in [-0.2, -0.15) is 0 Å². The highest BCUT2D eigenvalue weighted by molar-refractivity contribution is 5.83. The lowest BCUT2D eigenvalue weighted by molar-refractivity contribution is -0.141. The van der Waals surface area contributed by atoms with E-state index in [0.29, 0.717) is 5.82 Å². The highest BCUT2D eigenvalue weighted by Crippen LogP contribution is 2.06. The van der Waals surface area contributed by atoms with Crippen LogP contribution in [0.3, 0.4) is 0 Å². The summed E-state index contributed by atoms with van der Waals surface area (Å²) in [5.74, 6) is 1.27. The number of imidazole rings is 1. The molecule has 0 fully saturated rings. The number of aromatic amines is 1. The Labute approximate surface area is 75.0 Å². The molecular weight excluding hydrogens is 170 g/mol. The highest BCUT2D eigenvalue weighted by atomic mass is 16.4. The topological polar surface area (TPSA) is 92.0 Å². The van der Waals surface area contributed by atoms with Crippen LogP contribution in [0, 0.1) is 12.3 Å². The molecule has 5 heteroatoms. The van der Waals surface area contributed by atoms with Crippen molar-refractivity contribution in [3.05, 3.63) is 18.2 Å². The zero-order chi connectivity index (χ0) is 9.90. The maximum absolute atomic E-state index is 10.7. The molecule has 1 unspecified atom stereocenters. The number of nitrogens with one attached hydrogen (secondary N) is 1. The molecule has 1 heterocycles. The maximum atomic E-state index is 10.7. The Kier molecular flexibility index (Phi) is 2.35. The van der Waals surface area contributed by atoms with Gasteiger partial charge >= 0.3 is 5.97 Å². The second-order valence-corrected chi connectivity index (χ2v) is 2.63. The molecule has 0 saturated heterocycles. The molecule has 0 bridgehead atoms. The molecule has 0 aliphatic carbocycles. The van der Waals surface area contributed by atoms with Gasteiger partial charge in [0.25, 0.3) is 0 Å². The Morgan fingerprint density at radius 1 is 1.92 bits per heavy atom. The van der Waals surface area contributed by atoms with Crippen LogP contribution in [0.4, 0.5) is 0 Å². The van der Waals surface area contributed by atoms with E-state index in [-0.39, 0.29) is 6.42 Å². The van der Waals surface area contributed by atoms with Gasteiger partial charge in [-0.3, -0.25) is 0 Å². The van der Waals surface area contributed by atoms with Gasteiger partial charge in [0.05, 0.1) is 0 Å². The van der Waals surface area contributed by atoms with E-state index in [1.165, 1.54) is 6.20 Å². The van der Waals surface area contributed by atoms with Gasteiger partial charge in [0.15, 0.2) is 5.54 Å². The lowest BCUT2D eigenvalue weighted by Gasteiger charge is -2.15. The smallest absolute Gasteiger partial charge is 0.336 e. The van der Waals surface area contributed by atoms with Crippen molar-refractivity contribution in [2.75, 3.05) is 0 Å². The molecule has 1 aromatic heterocycles. The summed E-state index contributed by atoms with van der Waals surface area (Å²) in [5.41, 5.74) is 3.75. The van der Waals surface area contributed by atoms with E-state index in [4.69, 9.17) is 17.3 Å². The molecule has 1 rings (SSSR count). The minimum Gasteiger partial charge on any atom is -0.479 e. The first-order chi connectivity index (χ1) is 6.08. The van der Waals surface area contributed by atoms with Crippen molar-refractivity contribution in [1.82, 2.24) is 9.97 Å². The molecule has 0 spiro atoms. The summed E-state index contributed by atoms with van der Waals surface area (Å²) in [5, 5.41) is 8.72. The second-order valence-electron chi connectivity index (χ2n) is 2.63. The molecule has 0 amide bonds. The highest BCUT2D eigenvalue weighted by Gasteiger charge is 2.32. The van der Waals surface area contributed by atoms with Gasteiger partial charge in [0, 0.05) is 18.8 Å². The molecule has 5 nitrogen and oxygen atoms in total. The average molecular weight is 179 g/mol. The number of aromatic nitrogens is 2. The van der Waals surface area contributed by atoms with Crippen molar-refractivity contribution < 1.29 is 9.90 Å². The predicted molar refractivity (Wildman–Crippen MR) is 45.7 cm³/mol. The van der Waals surface area contributed by atoms with Crippen molar-refractivity contribution in [2.24, 2.45) is 5.73 Å². The molecule has 0 radical (unpaired) electrons. The van der Waals surface area contributed by atoms with Crippen molar-refractivity contribution >= 4 is 5.97 Å². The number of nitrogens with two attached hydrogens (primary N) is 1. The zero-order valence-electron chi connectivity index (χ0n) is 6.82. The average Bonchev–Trinajstić information content (AvgIpc) is 2.56. The molecule has 1 aromatic rings. The number of terminal acetylenes is 1. The first kappa shape index (κ1) is 9.29. The number of rotatable bonds is 3. The van der Waals surface area contributed by atoms with Crippen LogP contribution >= 0.6 is 0 Å². The molecule has 13 heavy (non-hydrogen) atoms. The summed E-state index contributed by atoms with van der Waals surface area (Å²) >= 11 is 0. The summed E-state index contributed by atoms with van der Waals surface area (Å²) < 4.78 is 0. The third kappa shape index (κ3) is 1.86. The largest absolute Gasteiger partial charge is 0.479 e. The number of H-pyrrole nitrogens is 1. The first-order valence-corrected chi connectivity index (χ1v) is 3.57. The van der Waals surface area contributed by atoms with Gasteiger partial charge in [-0.25, -0.2) is 9.78 Å². The van der Waals surface area contributed by atoms with Gasteiger partial charge in [0.2, 0.25) is 0 Å². The van der Waals surface area contributed by atoms with Crippen LogP contribution < -0.4 is 5.73 Å². The zero-order valence-corrected chi connectivity index (χ0v) is 6.82. The van der Waals surface area contributed by atoms with Gasteiger partial charge in [-0.05, 0) is 0 Å². The third-order valence-corrected chi connectivity index (χ3v) is 1.64. The molecule has 68 valence electrons. The molecule has 0 aromatic carbocycles. The molecule has 4 N–H and O–H groups in total. The lowest BCUT2D eigenvalue weighted by Crippen LogP contribution is -2.48. The summed E-state index contributed by atoms with van der Waals surface area (Å²) in [6.45, 7) is 0. The van der Waals surface area contributed by atoms with E-state index in [2.05, 4.69) is 9.97 Å². The predicted octanol–water partition coefficient (Wildman–Crippen LogP) is -0.633. The van der Waals surface area contributed by atoms with Crippen LogP contribution in [-0.4, -0.2) is 26.6 Å². The Morgan fingerprint density at radius 2 is 2.62 bits per heavy atom. The van der Waals surface area contributed by atoms with Crippen LogP contribution in [0.15, 0.2) is 12.4 Å². The maximum Gasteiger partial charge on any atom is 0.336 e. The van der Waals surface area contributed by atoms with Gasteiger partial charge in [-0.1, -0.05) is 5.92 Å². The fraction of sp³-hybridized carbons (Fsp3) is 0.250. The van der Waals surface area contributed by atoms with E-state index in [1.807, 2.05) is 5.92 Å². The fourth-order valence-corrected chi connectivity index (χ4v) is 0.847. The Morgan fingerprint density at radius 3 is 3.00 bits per heavy atom. The van der Waals surface area contributed by atoms with E-state index in [9.17, 15) is 4.79 Å². The van der Waals surface area contributed by atoms with Crippen molar-refractivity contribution in [2.45, 2.75) is 12.0 Å². The van der Waals surface area contributed by atoms with Crippen molar-refractivity contribution in [1.29, 1.82) is 0 Å². The first-order valence-electron chi connectivity index (χ1n) is 3.57. The Balaban J connectivity index is 2.83. The Bertz CT molecular complexity index is 339. The SMILES string of the molecule is C#CC(N)(Cc1ncc[nH]1)C(=O)O. The van der Waals surface area contributed by atoms with E-state index in [1.54, 1.807) is 6.20 Å². The molecule has 0 aliphatic rings. The van der Waals surface area contributed by atoms with E-state index < -0.39 is 11.5 Å². The number of aliphatic carboxylic acids is 1. The summed E-state index contributed by atoms with van der Waals surface area (Å²) in [7, 11) is 0. The minimum atomic E-state index is -1.68. The van der Waals surface area contributed by atoms with Crippen LogP contribution in [0.2, 0.25) is 0 Å². The van der Waals surface area contributed by atoms with Gasteiger partial charge in [-0.15, -0.1) is 6.42 Å². The normalized spacial score (nSPS) is 14.5. The van der Waals surface area contributed by atoms with Gasteiger partial charge < -0.3 is 15.8 Å².